The van der Waals surface area contributed by atoms with E-state index in [-0.39, 0.29) is 23.1 Å². The predicted molar refractivity (Wildman–Crippen MR) is 84.1 cm³/mol. The number of carbonyl (C=O) groups excluding carboxylic acids is 1. The van der Waals surface area contributed by atoms with E-state index in [1.165, 1.54) is 0 Å². The van der Waals surface area contributed by atoms with Crippen LogP contribution in [-0.4, -0.2) is 35.5 Å². The number of aromatic hydroxyl groups is 1. The van der Waals surface area contributed by atoms with E-state index in [2.05, 4.69) is 12.2 Å². The molecule has 1 saturated heterocycles. The lowest BCUT2D eigenvalue weighted by molar-refractivity contribution is -0.144. The van der Waals surface area contributed by atoms with Crippen LogP contribution >= 0.6 is 0 Å². The Bertz CT molecular complexity index is 495. The fourth-order valence-corrected chi connectivity index (χ4v) is 3.10. The first-order valence-corrected chi connectivity index (χ1v) is 7.78. The SMILES string of the molecule is CCN(C(=O)C1(C)CCNCC1)C(C)c1cccc(O)c1. The van der Waals surface area contributed by atoms with Crippen LogP contribution in [0.3, 0.4) is 0 Å². The number of phenolic OH excluding ortho intramolecular Hbond substituents is 1. The molecular formula is C17H26N2O2. The van der Waals surface area contributed by atoms with Gasteiger partial charge in [0.25, 0.3) is 0 Å². The standard InChI is InChI=1S/C17H26N2O2/c1-4-19(13(2)14-6-5-7-15(20)12-14)16(21)17(3)8-10-18-11-9-17/h5-7,12-13,18,20H,4,8-11H2,1-3H3. The molecule has 0 aromatic heterocycles. The van der Waals surface area contributed by atoms with Crippen molar-refractivity contribution in [1.82, 2.24) is 10.2 Å². The number of nitrogens with zero attached hydrogens (tertiary/aromatic N) is 1. The Balaban J connectivity index is 2.20. The van der Waals surface area contributed by atoms with Crippen molar-refractivity contribution in [1.29, 1.82) is 0 Å². The van der Waals surface area contributed by atoms with Crippen molar-refractivity contribution in [3.8, 4) is 5.75 Å². The molecule has 1 amide bonds. The lowest BCUT2D eigenvalue weighted by Gasteiger charge is -2.39. The Labute approximate surface area is 127 Å². The smallest absolute Gasteiger partial charge is 0.229 e. The average molecular weight is 290 g/mol. The summed E-state index contributed by atoms with van der Waals surface area (Å²) < 4.78 is 0. The molecule has 1 atom stereocenters. The van der Waals surface area contributed by atoms with E-state index < -0.39 is 0 Å². The third-order valence-corrected chi connectivity index (χ3v) is 4.65. The molecule has 21 heavy (non-hydrogen) atoms. The van der Waals surface area contributed by atoms with Crippen LogP contribution in [-0.2, 0) is 4.79 Å². The van der Waals surface area contributed by atoms with Crippen LogP contribution in [0, 0.1) is 5.41 Å². The molecule has 0 aliphatic carbocycles. The molecule has 1 aromatic carbocycles. The number of hydrogen-bond donors (Lipinski definition) is 2. The Kier molecular flexibility index (Phi) is 4.88. The molecule has 2 rings (SSSR count). The van der Waals surface area contributed by atoms with E-state index >= 15 is 0 Å². The van der Waals surface area contributed by atoms with Gasteiger partial charge in [-0.25, -0.2) is 0 Å². The van der Waals surface area contributed by atoms with Gasteiger partial charge in [0, 0.05) is 12.0 Å². The van der Waals surface area contributed by atoms with E-state index in [4.69, 9.17) is 0 Å². The van der Waals surface area contributed by atoms with Crippen molar-refractivity contribution >= 4 is 5.91 Å². The summed E-state index contributed by atoms with van der Waals surface area (Å²) in [5.74, 6) is 0.471. The fourth-order valence-electron chi connectivity index (χ4n) is 3.10. The van der Waals surface area contributed by atoms with Gasteiger partial charge in [0.15, 0.2) is 0 Å². The van der Waals surface area contributed by atoms with Gasteiger partial charge >= 0.3 is 0 Å². The molecule has 0 spiro atoms. The summed E-state index contributed by atoms with van der Waals surface area (Å²) in [7, 11) is 0. The monoisotopic (exact) mass is 290 g/mol. The molecule has 0 radical (unpaired) electrons. The van der Waals surface area contributed by atoms with E-state index in [1.807, 2.05) is 30.9 Å². The third kappa shape index (κ3) is 3.38. The number of nitrogens with one attached hydrogen (secondary N) is 1. The van der Waals surface area contributed by atoms with Gasteiger partial charge in [-0.1, -0.05) is 19.1 Å². The number of rotatable bonds is 4. The Morgan fingerprint density at radius 1 is 1.43 bits per heavy atom. The summed E-state index contributed by atoms with van der Waals surface area (Å²) in [4.78, 5) is 14.9. The molecule has 1 unspecified atom stereocenters. The molecule has 116 valence electrons. The highest BCUT2D eigenvalue weighted by Gasteiger charge is 2.38. The minimum Gasteiger partial charge on any atom is -0.508 e. The maximum Gasteiger partial charge on any atom is 0.229 e. The molecule has 4 heteroatoms. The quantitative estimate of drug-likeness (QED) is 0.896. The molecule has 0 saturated carbocycles. The van der Waals surface area contributed by atoms with Crippen molar-refractivity contribution in [3.05, 3.63) is 29.8 Å². The number of benzene rings is 1. The van der Waals surface area contributed by atoms with Crippen LogP contribution in [0.5, 0.6) is 5.75 Å². The highest BCUT2D eigenvalue weighted by molar-refractivity contribution is 5.83. The maximum atomic E-state index is 13.0. The fraction of sp³-hybridized carbons (Fsp3) is 0.588. The van der Waals surface area contributed by atoms with Crippen molar-refractivity contribution in [3.63, 3.8) is 0 Å². The number of phenols is 1. The largest absolute Gasteiger partial charge is 0.508 e. The van der Waals surface area contributed by atoms with Gasteiger partial charge in [0.05, 0.1) is 6.04 Å². The van der Waals surface area contributed by atoms with Crippen LogP contribution in [0.1, 0.15) is 45.2 Å². The van der Waals surface area contributed by atoms with Crippen molar-refractivity contribution < 1.29 is 9.90 Å². The minimum atomic E-state index is -0.271. The summed E-state index contributed by atoms with van der Waals surface area (Å²) in [6.07, 6.45) is 1.77. The van der Waals surface area contributed by atoms with Gasteiger partial charge in [-0.05, 0) is 57.5 Å². The first-order chi connectivity index (χ1) is 9.98. The van der Waals surface area contributed by atoms with Gasteiger partial charge in [-0.3, -0.25) is 4.79 Å². The first-order valence-electron chi connectivity index (χ1n) is 7.78. The van der Waals surface area contributed by atoms with E-state index in [0.29, 0.717) is 6.54 Å². The molecule has 1 fully saturated rings. The van der Waals surface area contributed by atoms with Gasteiger partial charge in [0.1, 0.15) is 5.75 Å². The molecule has 4 nitrogen and oxygen atoms in total. The lowest BCUT2D eigenvalue weighted by atomic mass is 9.79. The zero-order chi connectivity index (χ0) is 15.5. The first kappa shape index (κ1) is 15.8. The summed E-state index contributed by atoms with van der Waals surface area (Å²) >= 11 is 0. The van der Waals surface area contributed by atoms with Crippen LogP contribution < -0.4 is 5.32 Å². The summed E-state index contributed by atoms with van der Waals surface area (Å²) in [5.41, 5.74) is 0.703. The number of piperidine rings is 1. The zero-order valence-electron chi connectivity index (χ0n) is 13.2. The Morgan fingerprint density at radius 3 is 2.67 bits per heavy atom. The van der Waals surface area contributed by atoms with Crippen molar-refractivity contribution in [2.45, 2.75) is 39.7 Å². The normalized spacial score (nSPS) is 19.0. The van der Waals surface area contributed by atoms with Crippen LogP contribution in [0.25, 0.3) is 0 Å². The topological polar surface area (TPSA) is 52.6 Å². The van der Waals surface area contributed by atoms with Crippen molar-refractivity contribution in [2.75, 3.05) is 19.6 Å². The molecule has 1 aliphatic heterocycles. The Hall–Kier alpha value is -1.55. The maximum absolute atomic E-state index is 13.0. The van der Waals surface area contributed by atoms with Crippen LogP contribution in [0.4, 0.5) is 0 Å². The van der Waals surface area contributed by atoms with Crippen LogP contribution in [0.2, 0.25) is 0 Å². The van der Waals surface area contributed by atoms with E-state index in [9.17, 15) is 9.90 Å². The molecule has 2 N–H and O–H groups in total. The highest BCUT2D eigenvalue weighted by atomic mass is 16.3. The van der Waals surface area contributed by atoms with Gasteiger partial charge < -0.3 is 15.3 Å². The highest BCUT2D eigenvalue weighted by Crippen LogP contribution is 2.34. The minimum absolute atomic E-state index is 0.0266. The molecule has 1 aliphatic rings. The van der Waals surface area contributed by atoms with Gasteiger partial charge in [-0.15, -0.1) is 0 Å². The summed E-state index contributed by atoms with van der Waals surface area (Å²) in [6.45, 7) is 8.61. The van der Waals surface area contributed by atoms with Crippen molar-refractivity contribution in [2.24, 2.45) is 5.41 Å². The average Bonchev–Trinajstić information content (AvgIpc) is 2.48. The van der Waals surface area contributed by atoms with Crippen LogP contribution in [0.15, 0.2) is 24.3 Å². The summed E-state index contributed by atoms with van der Waals surface area (Å²) in [6, 6.07) is 7.16. The van der Waals surface area contributed by atoms with E-state index in [0.717, 1.165) is 31.5 Å². The predicted octanol–water partition coefficient (Wildman–Crippen LogP) is 2.69. The molecular weight excluding hydrogens is 264 g/mol. The number of carbonyl (C=O) groups is 1. The number of amides is 1. The second-order valence-corrected chi connectivity index (χ2v) is 6.17. The third-order valence-electron chi connectivity index (χ3n) is 4.65. The Morgan fingerprint density at radius 2 is 2.10 bits per heavy atom. The molecule has 0 bridgehead atoms. The second-order valence-electron chi connectivity index (χ2n) is 6.17. The van der Waals surface area contributed by atoms with Gasteiger partial charge in [0.2, 0.25) is 5.91 Å². The van der Waals surface area contributed by atoms with E-state index in [1.54, 1.807) is 12.1 Å². The lowest BCUT2D eigenvalue weighted by Crippen LogP contribution is -2.48. The second kappa shape index (κ2) is 6.48. The number of hydrogen-bond acceptors (Lipinski definition) is 3. The molecule has 1 heterocycles. The zero-order valence-corrected chi connectivity index (χ0v) is 13.2. The van der Waals surface area contributed by atoms with Gasteiger partial charge in [-0.2, -0.15) is 0 Å². The summed E-state index contributed by atoms with van der Waals surface area (Å²) in [5, 5.41) is 13.0. The molecule has 1 aromatic rings.